The molecular weight excluding hydrogens is 485 g/mol. The standard InChI is InChI=1S/C21H35N3O2S.HI/c1-4-22-21(24-15-13-19-7-5-6-17(2)16-19)23-14-12-18-8-10-20(11-9-18)27(3,25)26;/h8-11,17,19H,4-7,12-16H2,1-3H3,(H2,22,23,24);1H. The van der Waals surface area contributed by atoms with E-state index in [0.29, 0.717) is 4.90 Å². The molecule has 1 aromatic rings. The Morgan fingerprint density at radius 1 is 1.18 bits per heavy atom. The van der Waals surface area contributed by atoms with Crippen molar-refractivity contribution in [1.82, 2.24) is 10.6 Å². The molecule has 0 spiro atoms. The SMILES string of the molecule is CCNC(=NCCC1CCCC(C)C1)NCCc1ccc(S(C)(=O)=O)cc1.I. The van der Waals surface area contributed by atoms with Gasteiger partial charge in [0.1, 0.15) is 0 Å². The van der Waals surface area contributed by atoms with Gasteiger partial charge in [0.2, 0.25) is 0 Å². The Morgan fingerprint density at radius 3 is 2.50 bits per heavy atom. The van der Waals surface area contributed by atoms with Crippen molar-refractivity contribution < 1.29 is 8.42 Å². The Balaban J connectivity index is 0.00000392. The number of hydrogen-bond acceptors (Lipinski definition) is 3. The Hall–Kier alpha value is -0.830. The van der Waals surface area contributed by atoms with Gasteiger partial charge >= 0.3 is 0 Å². The molecular formula is C21H36IN3O2S. The highest BCUT2D eigenvalue weighted by atomic mass is 127. The first-order chi connectivity index (χ1) is 12.9. The topological polar surface area (TPSA) is 70.6 Å². The maximum absolute atomic E-state index is 11.5. The van der Waals surface area contributed by atoms with Gasteiger partial charge in [-0.05, 0) is 55.7 Å². The third kappa shape index (κ3) is 9.11. The van der Waals surface area contributed by atoms with E-state index in [4.69, 9.17) is 4.99 Å². The summed E-state index contributed by atoms with van der Waals surface area (Å²) < 4.78 is 23.0. The lowest BCUT2D eigenvalue weighted by Gasteiger charge is -2.26. The first kappa shape index (κ1) is 25.2. The van der Waals surface area contributed by atoms with Gasteiger partial charge in [0, 0.05) is 25.9 Å². The highest BCUT2D eigenvalue weighted by Crippen LogP contribution is 2.30. The van der Waals surface area contributed by atoms with Crippen molar-refractivity contribution in [1.29, 1.82) is 0 Å². The first-order valence-corrected chi connectivity index (χ1v) is 12.1. The van der Waals surface area contributed by atoms with Gasteiger partial charge in [0.05, 0.1) is 4.90 Å². The summed E-state index contributed by atoms with van der Waals surface area (Å²) in [6.45, 7) is 6.92. The summed E-state index contributed by atoms with van der Waals surface area (Å²) in [7, 11) is -3.13. The van der Waals surface area contributed by atoms with Crippen molar-refractivity contribution in [3.63, 3.8) is 0 Å². The molecule has 160 valence electrons. The third-order valence-electron chi connectivity index (χ3n) is 5.25. The predicted molar refractivity (Wildman–Crippen MR) is 128 cm³/mol. The van der Waals surface area contributed by atoms with Crippen LogP contribution in [0.3, 0.4) is 0 Å². The van der Waals surface area contributed by atoms with Gasteiger partial charge in [-0.15, -0.1) is 24.0 Å². The van der Waals surface area contributed by atoms with Gasteiger partial charge in [-0.1, -0.05) is 38.3 Å². The van der Waals surface area contributed by atoms with E-state index in [0.717, 1.165) is 49.4 Å². The fourth-order valence-corrected chi connectivity index (χ4v) is 4.38. The molecule has 1 saturated carbocycles. The lowest BCUT2D eigenvalue weighted by atomic mass is 9.81. The molecule has 0 heterocycles. The number of sulfone groups is 1. The summed E-state index contributed by atoms with van der Waals surface area (Å²) in [5.74, 6) is 2.57. The van der Waals surface area contributed by atoms with Crippen molar-refractivity contribution in [2.75, 3.05) is 25.9 Å². The molecule has 1 aliphatic rings. The predicted octanol–water partition coefficient (Wildman–Crippen LogP) is 4.02. The second-order valence-electron chi connectivity index (χ2n) is 7.78. The molecule has 7 heteroatoms. The highest BCUT2D eigenvalue weighted by molar-refractivity contribution is 14.0. The average molecular weight is 522 g/mol. The Bertz CT molecular complexity index is 705. The molecule has 28 heavy (non-hydrogen) atoms. The molecule has 0 amide bonds. The van der Waals surface area contributed by atoms with E-state index in [1.54, 1.807) is 12.1 Å². The van der Waals surface area contributed by atoms with Gasteiger partial charge < -0.3 is 10.6 Å². The van der Waals surface area contributed by atoms with Crippen LogP contribution in [0.1, 0.15) is 51.5 Å². The number of guanidine groups is 1. The number of benzene rings is 1. The average Bonchev–Trinajstić information content (AvgIpc) is 2.61. The van der Waals surface area contributed by atoms with Crippen LogP contribution < -0.4 is 10.6 Å². The van der Waals surface area contributed by atoms with Crippen LogP contribution in [-0.4, -0.2) is 40.3 Å². The smallest absolute Gasteiger partial charge is 0.191 e. The molecule has 0 saturated heterocycles. The minimum atomic E-state index is -3.13. The van der Waals surface area contributed by atoms with Gasteiger partial charge in [0.25, 0.3) is 0 Å². The van der Waals surface area contributed by atoms with E-state index in [1.807, 2.05) is 12.1 Å². The Kier molecular flexibility index (Phi) is 11.4. The molecule has 1 aliphatic carbocycles. The van der Waals surface area contributed by atoms with E-state index in [-0.39, 0.29) is 24.0 Å². The summed E-state index contributed by atoms with van der Waals surface area (Å²) in [6.07, 6.45) is 8.69. The van der Waals surface area contributed by atoms with Crippen molar-refractivity contribution >= 4 is 39.8 Å². The zero-order valence-corrected chi connectivity index (χ0v) is 20.6. The number of nitrogens with zero attached hydrogens (tertiary/aromatic N) is 1. The second-order valence-corrected chi connectivity index (χ2v) is 9.80. The molecule has 0 bridgehead atoms. The van der Waals surface area contributed by atoms with Crippen LogP contribution in [0.15, 0.2) is 34.2 Å². The number of halogens is 1. The Morgan fingerprint density at radius 2 is 1.89 bits per heavy atom. The Labute approximate surface area is 188 Å². The molecule has 1 aromatic carbocycles. The number of aliphatic imine (C=N–C) groups is 1. The van der Waals surface area contributed by atoms with Crippen LogP contribution in [0.4, 0.5) is 0 Å². The summed E-state index contributed by atoms with van der Waals surface area (Å²) in [4.78, 5) is 5.09. The summed E-state index contributed by atoms with van der Waals surface area (Å²) in [6, 6.07) is 7.11. The van der Waals surface area contributed by atoms with Gasteiger partial charge in [-0.3, -0.25) is 4.99 Å². The van der Waals surface area contributed by atoms with E-state index < -0.39 is 9.84 Å². The zero-order chi connectivity index (χ0) is 19.7. The van der Waals surface area contributed by atoms with Crippen LogP contribution in [0, 0.1) is 11.8 Å². The monoisotopic (exact) mass is 521 g/mol. The molecule has 5 nitrogen and oxygen atoms in total. The van der Waals surface area contributed by atoms with Gasteiger partial charge in [-0.25, -0.2) is 8.42 Å². The fraction of sp³-hybridized carbons (Fsp3) is 0.667. The second kappa shape index (κ2) is 12.7. The fourth-order valence-electron chi connectivity index (χ4n) is 3.75. The molecule has 2 N–H and O–H groups in total. The van der Waals surface area contributed by atoms with Crippen LogP contribution in [0.25, 0.3) is 0 Å². The summed E-state index contributed by atoms with van der Waals surface area (Å²) in [5, 5.41) is 6.69. The maximum Gasteiger partial charge on any atom is 0.191 e. The number of rotatable bonds is 8. The van der Waals surface area contributed by atoms with Crippen LogP contribution in [-0.2, 0) is 16.3 Å². The third-order valence-corrected chi connectivity index (χ3v) is 6.38. The molecule has 1 fully saturated rings. The molecule has 0 radical (unpaired) electrons. The van der Waals surface area contributed by atoms with E-state index >= 15 is 0 Å². The largest absolute Gasteiger partial charge is 0.357 e. The van der Waals surface area contributed by atoms with E-state index in [9.17, 15) is 8.42 Å². The van der Waals surface area contributed by atoms with Crippen LogP contribution in [0.2, 0.25) is 0 Å². The normalized spacial score (nSPS) is 20.3. The molecule has 0 aromatic heterocycles. The highest BCUT2D eigenvalue weighted by Gasteiger charge is 2.18. The minimum Gasteiger partial charge on any atom is -0.357 e. The van der Waals surface area contributed by atoms with Crippen molar-refractivity contribution in [3.8, 4) is 0 Å². The molecule has 2 unspecified atom stereocenters. The van der Waals surface area contributed by atoms with E-state index in [2.05, 4.69) is 24.5 Å². The molecule has 2 rings (SSSR count). The minimum absolute atomic E-state index is 0. The summed E-state index contributed by atoms with van der Waals surface area (Å²) in [5.41, 5.74) is 1.11. The van der Waals surface area contributed by atoms with Crippen molar-refractivity contribution in [3.05, 3.63) is 29.8 Å². The van der Waals surface area contributed by atoms with E-state index in [1.165, 1.54) is 38.4 Å². The van der Waals surface area contributed by atoms with Crippen molar-refractivity contribution in [2.45, 2.75) is 57.3 Å². The van der Waals surface area contributed by atoms with Crippen molar-refractivity contribution in [2.24, 2.45) is 16.8 Å². The first-order valence-electron chi connectivity index (χ1n) is 10.2. The quantitative estimate of drug-likeness (QED) is 0.308. The molecule has 0 aliphatic heterocycles. The summed E-state index contributed by atoms with van der Waals surface area (Å²) >= 11 is 0. The van der Waals surface area contributed by atoms with Crippen LogP contribution in [0.5, 0.6) is 0 Å². The van der Waals surface area contributed by atoms with Gasteiger partial charge in [-0.2, -0.15) is 0 Å². The lowest BCUT2D eigenvalue weighted by molar-refractivity contribution is 0.272. The van der Waals surface area contributed by atoms with Crippen LogP contribution >= 0.6 is 24.0 Å². The number of nitrogens with one attached hydrogen (secondary N) is 2. The lowest BCUT2D eigenvalue weighted by Crippen LogP contribution is -2.38. The zero-order valence-electron chi connectivity index (χ0n) is 17.4. The molecule has 2 atom stereocenters. The maximum atomic E-state index is 11.5. The van der Waals surface area contributed by atoms with Gasteiger partial charge in [0.15, 0.2) is 15.8 Å². The number of hydrogen-bond donors (Lipinski definition) is 2.